The van der Waals surface area contributed by atoms with Crippen LogP contribution in [-0.2, 0) is 6.42 Å². The molecular formula is C14H16N2. The highest BCUT2D eigenvalue weighted by Crippen LogP contribution is 2.37. The van der Waals surface area contributed by atoms with Crippen LogP contribution in [0.5, 0.6) is 0 Å². The van der Waals surface area contributed by atoms with Gasteiger partial charge in [-0.2, -0.15) is 5.26 Å². The summed E-state index contributed by atoms with van der Waals surface area (Å²) in [6.07, 6.45) is 4.95. The maximum absolute atomic E-state index is 8.97. The fraction of sp³-hybridized carbons (Fsp3) is 0.500. The summed E-state index contributed by atoms with van der Waals surface area (Å²) in [5.41, 5.74) is 3.71. The van der Waals surface area contributed by atoms with E-state index in [1.165, 1.54) is 30.4 Å². The molecule has 1 N–H and O–H groups in total. The molecule has 0 unspecified atom stereocenters. The molecule has 0 radical (unpaired) electrons. The molecular weight excluding hydrogens is 196 g/mol. The van der Waals surface area contributed by atoms with Gasteiger partial charge in [-0.05, 0) is 61.4 Å². The van der Waals surface area contributed by atoms with Gasteiger partial charge in [0.1, 0.15) is 0 Å². The first-order valence-electron chi connectivity index (χ1n) is 6.15. The molecule has 2 heteroatoms. The molecule has 2 aliphatic rings. The van der Waals surface area contributed by atoms with E-state index in [-0.39, 0.29) is 0 Å². The van der Waals surface area contributed by atoms with Crippen molar-refractivity contribution in [3.05, 3.63) is 34.9 Å². The zero-order chi connectivity index (χ0) is 11.0. The molecule has 2 atom stereocenters. The Morgan fingerprint density at radius 2 is 2.25 bits per heavy atom. The average Bonchev–Trinajstić information content (AvgIpc) is 2.38. The molecule has 1 aromatic carbocycles. The summed E-state index contributed by atoms with van der Waals surface area (Å²) in [4.78, 5) is 0. The van der Waals surface area contributed by atoms with Crippen molar-refractivity contribution >= 4 is 0 Å². The Morgan fingerprint density at radius 3 is 3.12 bits per heavy atom. The fourth-order valence-corrected chi connectivity index (χ4v) is 3.18. The number of hydrogen-bond donors (Lipinski definition) is 1. The van der Waals surface area contributed by atoms with E-state index >= 15 is 0 Å². The third-order valence-electron chi connectivity index (χ3n) is 3.98. The Kier molecular flexibility index (Phi) is 2.41. The molecule has 1 aromatic rings. The first kappa shape index (κ1) is 9.86. The summed E-state index contributed by atoms with van der Waals surface area (Å²) in [5.74, 6) is 0.644. The molecule has 1 aliphatic heterocycles. The number of hydrogen-bond acceptors (Lipinski definition) is 2. The van der Waals surface area contributed by atoms with Crippen LogP contribution >= 0.6 is 0 Å². The number of piperidine rings is 1. The van der Waals surface area contributed by atoms with Gasteiger partial charge in [0.05, 0.1) is 11.6 Å². The third kappa shape index (κ3) is 1.52. The molecule has 0 aromatic heterocycles. The van der Waals surface area contributed by atoms with E-state index in [9.17, 15) is 0 Å². The van der Waals surface area contributed by atoms with Crippen LogP contribution in [0.15, 0.2) is 18.2 Å². The lowest BCUT2D eigenvalue weighted by Crippen LogP contribution is -2.42. The van der Waals surface area contributed by atoms with Crippen molar-refractivity contribution < 1.29 is 0 Å². The van der Waals surface area contributed by atoms with E-state index in [0.717, 1.165) is 18.5 Å². The highest BCUT2D eigenvalue weighted by Gasteiger charge is 2.31. The van der Waals surface area contributed by atoms with Crippen molar-refractivity contribution in [3.63, 3.8) is 0 Å². The maximum Gasteiger partial charge on any atom is 0.0991 e. The van der Waals surface area contributed by atoms with Crippen LogP contribution < -0.4 is 5.32 Å². The van der Waals surface area contributed by atoms with Gasteiger partial charge in [0.25, 0.3) is 0 Å². The second-order valence-corrected chi connectivity index (χ2v) is 4.87. The minimum Gasteiger partial charge on any atom is -0.313 e. The average molecular weight is 212 g/mol. The van der Waals surface area contributed by atoms with E-state index in [1.807, 2.05) is 6.07 Å². The highest BCUT2D eigenvalue weighted by molar-refractivity contribution is 5.42. The van der Waals surface area contributed by atoms with Crippen molar-refractivity contribution in [2.75, 3.05) is 6.54 Å². The summed E-state index contributed by atoms with van der Waals surface area (Å²) >= 11 is 0. The second-order valence-electron chi connectivity index (χ2n) is 4.87. The quantitative estimate of drug-likeness (QED) is 0.716. The SMILES string of the molecule is N#Cc1ccc2c(c1)[C@H]1CCCN[C@@H]1CC2. The summed E-state index contributed by atoms with van der Waals surface area (Å²) in [6.45, 7) is 1.16. The van der Waals surface area contributed by atoms with E-state index in [0.29, 0.717) is 12.0 Å². The molecule has 0 bridgehead atoms. The molecule has 1 aliphatic carbocycles. The maximum atomic E-state index is 8.97. The summed E-state index contributed by atoms with van der Waals surface area (Å²) in [5, 5.41) is 12.6. The summed E-state index contributed by atoms with van der Waals surface area (Å²) in [7, 11) is 0. The number of nitrogens with zero attached hydrogens (tertiary/aromatic N) is 1. The largest absolute Gasteiger partial charge is 0.313 e. The topological polar surface area (TPSA) is 35.8 Å². The summed E-state index contributed by atoms with van der Waals surface area (Å²) < 4.78 is 0. The number of fused-ring (bicyclic) bond motifs is 3. The summed E-state index contributed by atoms with van der Waals surface area (Å²) in [6, 6.07) is 9.12. The predicted octanol–water partition coefficient (Wildman–Crippen LogP) is 2.34. The van der Waals surface area contributed by atoms with Crippen molar-refractivity contribution in [2.45, 2.75) is 37.6 Å². The van der Waals surface area contributed by atoms with E-state index in [4.69, 9.17) is 5.26 Å². The van der Waals surface area contributed by atoms with Gasteiger partial charge in [-0.25, -0.2) is 0 Å². The van der Waals surface area contributed by atoms with Crippen LogP contribution in [0.4, 0.5) is 0 Å². The van der Waals surface area contributed by atoms with E-state index in [1.54, 1.807) is 0 Å². The third-order valence-corrected chi connectivity index (χ3v) is 3.98. The van der Waals surface area contributed by atoms with Crippen LogP contribution in [0.25, 0.3) is 0 Å². The molecule has 0 spiro atoms. The van der Waals surface area contributed by atoms with Gasteiger partial charge in [-0.15, -0.1) is 0 Å². The minimum atomic E-state index is 0.644. The standard InChI is InChI=1S/C14H16N2/c15-9-10-3-4-11-5-6-14-12(13(11)8-10)2-1-7-16-14/h3-4,8,12,14,16H,1-2,5-7H2/t12-,14-/m1/s1. The van der Waals surface area contributed by atoms with Crippen molar-refractivity contribution in [2.24, 2.45) is 0 Å². The second kappa shape index (κ2) is 3.92. The lowest BCUT2D eigenvalue weighted by atomic mass is 9.75. The van der Waals surface area contributed by atoms with Gasteiger partial charge >= 0.3 is 0 Å². The zero-order valence-electron chi connectivity index (χ0n) is 9.37. The molecule has 16 heavy (non-hydrogen) atoms. The lowest BCUT2D eigenvalue weighted by Gasteiger charge is -2.38. The molecule has 0 amide bonds. The minimum absolute atomic E-state index is 0.644. The number of aryl methyl sites for hydroxylation is 1. The molecule has 3 rings (SSSR count). The Bertz CT molecular complexity index is 445. The van der Waals surface area contributed by atoms with Gasteiger partial charge < -0.3 is 5.32 Å². The highest BCUT2D eigenvalue weighted by atomic mass is 14.9. The monoisotopic (exact) mass is 212 g/mol. The Hall–Kier alpha value is -1.33. The predicted molar refractivity (Wildman–Crippen MR) is 63.2 cm³/mol. The Morgan fingerprint density at radius 1 is 1.31 bits per heavy atom. The van der Waals surface area contributed by atoms with E-state index < -0.39 is 0 Å². The van der Waals surface area contributed by atoms with Gasteiger partial charge in [-0.3, -0.25) is 0 Å². The van der Waals surface area contributed by atoms with Gasteiger partial charge in [0.2, 0.25) is 0 Å². The van der Waals surface area contributed by atoms with Gasteiger partial charge in [0, 0.05) is 6.04 Å². The van der Waals surface area contributed by atoms with Crippen LogP contribution in [0.1, 0.15) is 41.9 Å². The number of nitriles is 1. The first-order chi connectivity index (χ1) is 7.88. The van der Waals surface area contributed by atoms with Crippen LogP contribution in [0.3, 0.4) is 0 Å². The first-order valence-corrected chi connectivity index (χ1v) is 6.15. The Labute approximate surface area is 96.3 Å². The molecule has 82 valence electrons. The smallest absolute Gasteiger partial charge is 0.0991 e. The lowest BCUT2D eigenvalue weighted by molar-refractivity contribution is 0.319. The van der Waals surface area contributed by atoms with Gasteiger partial charge in [0.15, 0.2) is 0 Å². The normalized spacial score (nSPS) is 27.7. The molecule has 1 saturated heterocycles. The van der Waals surface area contributed by atoms with Crippen molar-refractivity contribution in [1.29, 1.82) is 5.26 Å². The van der Waals surface area contributed by atoms with Crippen LogP contribution in [0.2, 0.25) is 0 Å². The van der Waals surface area contributed by atoms with Crippen molar-refractivity contribution in [1.82, 2.24) is 5.32 Å². The fourth-order valence-electron chi connectivity index (χ4n) is 3.18. The molecule has 1 fully saturated rings. The van der Waals surface area contributed by atoms with Gasteiger partial charge in [-0.1, -0.05) is 6.07 Å². The van der Waals surface area contributed by atoms with E-state index in [2.05, 4.69) is 23.5 Å². The van der Waals surface area contributed by atoms with Crippen LogP contribution in [-0.4, -0.2) is 12.6 Å². The van der Waals surface area contributed by atoms with Crippen molar-refractivity contribution in [3.8, 4) is 6.07 Å². The molecule has 1 heterocycles. The molecule has 2 nitrogen and oxygen atoms in total. The van der Waals surface area contributed by atoms with Crippen LogP contribution in [0, 0.1) is 11.3 Å². The Balaban J connectivity index is 2.02. The number of nitrogens with one attached hydrogen (secondary N) is 1. The number of rotatable bonds is 0. The zero-order valence-corrected chi connectivity index (χ0v) is 9.37. The molecule has 0 saturated carbocycles. The number of benzene rings is 1.